The van der Waals surface area contributed by atoms with Crippen molar-refractivity contribution in [3.8, 4) is 5.75 Å². The van der Waals surface area contributed by atoms with E-state index in [1.54, 1.807) is 38.3 Å². The predicted molar refractivity (Wildman–Crippen MR) is 105 cm³/mol. The van der Waals surface area contributed by atoms with Gasteiger partial charge >= 0.3 is 0 Å². The van der Waals surface area contributed by atoms with Crippen LogP contribution in [0.3, 0.4) is 0 Å². The number of hydrogen-bond donors (Lipinski definition) is 2. The first kappa shape index (κ1) is 20.5. The van der Waals surface area contributed by atoms with E-state index in [1.165, 1.54) is 0 Å². The van der Waals surface area contributed by atoms with Crippen molar-refractivity contribution in [3.05, 3.63) is 59.2 Å². The smallest absolute Gasteiger partial charge is 0.265 e. The van der Waals surface area contributed by atoms with Crippen molar-refractivity contribution in [2.45, 2.75) is 26.9 Å². The molecule has 2 aromatic carbocycles. The van der Waals surface area contributed by atoms with Gasteiger partial charge in [-0.3, -0.25) is 9.59 Å². The molecular formula is C21H26N2O4. The number of carbonyl (C=O) groups is 2. The normalized spacial score (nSPS) is 11.6. The number of amides is 2. The molecule has 0 aliphatic rings. The maximum absolute atomic E-state index is 12.6. The van der Waals surface area contributed by atoms with E-state index >= 15 is 0 Å². The third-order valence-corrected chi connectivity index (χ3v) is 4.25. The molecule has 2 amide bonds. The number of ether oxygens (including phenoxy) is 2. The fourth-order valence-electron chi connectivity index (χ4n) is 2.48. The molecule has 0 aliphatic carbocycles. The van der Waals surface area contributed by atoms with Crippen molar-refractivity contribution in [2.75, 3.05) is 25.6 Å². The summed E-state index contributed by atoms with van der Waals surface area (Å²) in [5.41, 5.74) is 2.92. The van der Waals surface area contributed by atoms with Crippen LogP contribution in [-0.2, 0) is 9.53 Å². The first-order chi connectivity index (χ1) is 12.9. The monoisotopic (exact) mass is 370 g/mol. The number of para-hydroxylation sites is 1. The van der Waals surface area contributed by atoms with Crippen LogP contribution in [0.1, 0.15) is 28.4 Å². The third kappa shape index (κ3) is 5.56. The van der Waals surface area contributed by atoms with E-state index in [0.29, 0.717) is 30.2 Å². The molecule has 0 saturated heterocycles. The summed E-state index contributed by atoms with van der Waals surface area (Å²) in [7, 11) is 1.57. The summed E-state index contributed by atoms with van der Waals surface area (Å²) in [5, 5.41) is 5.53. The molecule has 27 heavy (non-hydrogen) atoms. The molecule has 144 valence electrons. The highest BCUT2D eigenvalue weighted by molar-refractivity contribution is 6.04. The fourth-order valence-corrected chi connectivity index (χ4v) is 2.48. The minimum Gasteiger partial charge on any atom is -0.481 e. The molecule has 0 spiro atoms. The van der Waals surface area contributed by atoms with Gasteiger partial charge in [-0.15, -0.1) is 0 Å². The summed E-state index contributed by atoms with van der Waals surface area (Å²) >= 11 is 0. The minimum absolute atomic E-state index is 0.272. The van der Waals surface area contributed by atoms with Crippen molar-refractivity contribution in [2.24, 2.45) is 0 Å². The number of aryl methyl sites for hydroxylation is 1. The first-order valence-corrected chi connectivity index (χ1v) is 8.84. The molecule has 0 radical (unpaired) electrons. The molecule has 0 saturated carbocycles. The molecule has 1 atom stereocenters. The average molecular weight is 370 g/mol. The zero-order chi connectivity index (χ0) is 19.8. The summed E-state index contributed by atoms with van der Waals surface area (Å²) in [6.45, 7) is 6.43. The Morgan fingerprint density at radius 2 is 1.81 bits per heavy atom. The van der Waals surface area contributed by atoms with E-state index in [4.69, 9.17) is 9.47 Å². The number of methoxy groups -OCH3 is 1. The Labute approximate surface area is 159 Å². The highest BCUT2D eigenvalue weighted by Crippen LogP contribution is 2.22. The van der Waals surface area contributed by atoms with Gasteiger partial charge in [-0.2, -0.15) is 0 Å². The number of rotatable bonds is 8. The topological polar surface area (TPSA) is 76.7 Å². The SMILES string of the molecule is COCCNC(=O)c1ccccc1NC(=O)[C@@H](C)Oc1cccc(C)c1C. The summed E-state index contributed by atoms with van der Waals surface area (Å²) < 4.78 is 10.7. The van der Waals surface area contributed by atoms with Crippen LogP contribution < -0.4 is 15.4 Å². The Morgan fingerprint density at radius 3 is 2.56 bits per heavy atom. The van der Waals surface area contributed by atoms with E-state index in [-0.39, 0.29) is 11.8 Å². The van der Waals surface area contributed by atoms with Crippen LogP contribution in [0.5, 0.6) is 5.75 Å². The highest BCUT2D eigenvalue weighted by Gasteiger charge is 2.19. The van der Waals surface area contributed by atoms with E-state index in [9.17, 15) is 9.59 Å². The number of benzene rings is 2. The minimum atomic E-state index is -0.713. The standard InChI is InChI=1S/C21H26N2O4/c1-14-8-7-11-19(15(14)2)27-16(3)20(24)23-18-10-6-5-9-17(18)21(25)22-12-13-26-4/h5-11,16H,12-13H2,1-4H3,(H,22,25)(H,23,24)/t16-/m1/s1. The second kappa shape index (κ2) is 9.73. The molecule has 0 unspecified atom stereocenters. The van der Waals surface area contributed by atoms with Crippen LogP contribution in [0.4, 0.5) is 5.69 Å². The van der Waals surface area contributed by atoms with Gasteiger partial charge in [-0.25, -0.2) is 0 Å². The maximum atomic E-state index is 12.6. The molecular weight excluding hydrogens is 344 g/mol. The van der Waals surface area contributed by atoms with Gasteiger partial charge in [0.25, 0.3) is 11.8 Å². The van der Waals surface area contributed by atoms with E-state index < -0.39 is 6.10 Å². The molecule has 2 aromatic rings. The lowest BCUT2D eigenvalue weighted by Crippen LogP contribution is -2.32. The van der Waals surface area contributed by atoms with Gasteiger partial charge in [-0.1, -0.05) is 24.3 Å². The molecule has 2 N–H and O–H groups in total. The van der Waals surface area contributed by atoms with E-state index in [2.05, 4.69) is 10.6 Å². The molecule has 6 heteroatoms. The van der Waals surface area contributed by atoms with E-state index in [0.717, 1.165) is 11.1 Å². The van der Waals surface area contributed by atoms with Crippen molar-refractivity contribution in [1.82, 2.24) is 5.32 Å². The number of hydrogen-bond acceptors (Lipinski definition) is 4. The molecule has 6 nitrogen and oxygen atoms in total. The lowest BCUT2D eigenvalue weighted by molar-refractivity contribution is -0.122. The van der Waals surface area contributed by atoms with Crippen molar-refractivity contribution >= 4 is 17.5 Å². The zero-order valence-corrected chi connectivity index (χ0v) is 16.2. The first-order valence-electron chi connectivity index (χ1n) is 8.84. The molecule has 0 heterocycles. The number of anilines is 1. The quantitative estimate of drug-likeness (QED) is 0.700. The van der Waals surface area contributed by atoms with Crippen molar-refractivity contribution in [3.63, 3.8) is 0 Å². The Morgan fingerprint density at radius 1 is 1.07 bits per heavy atom. The second-order valence-electron chi connectivity index (χ2n) is 6.24. The van der Waals surface area contributed by atoms with Crippen molar-refractivity contribution in [1.29, 1.82) is 0 Å². The molecule has 0 aromatic heterocycles. The van der Waals surface area contributed by atoms with Crippen LogP contribution in [0.15, 0.2) is 42.5 Å². The zero-order valence-electron chi connectivity index (χ0n) is 16.2. The Balaban J connectivity index is 2.06. The van der Waals surface area contributed by atoms with Gasteiger partial charge in [0.1, 0.15) is 5.75 Å². The lowest BCUT2D eigenvalue weighted by atomic mass is 10.1. The Hall–Kier alpha value is -2.86. The van der Waals surface area contributed by atoms with Gasteiger partial charge < -0.3 is 20.1 Å². The van der Waals surface area contributed by atoms with Crippen LogP contribution in [0.2, 0.25) is 0 Å². The summed E-state index contributed by atoms with van der Waals surface area (Å²) in [6, 6.07) is 12.6. The van der Waals surface area contributed by atoms with Gasteiger partial charge in [0, 0.05) is 13.7 Å². The summed E-state index contributed by atoms with van der Waals surface area (Å²) in [4.78, 5) is 24.9. The average Bonchev–Trinajstić information content (AvgIpc) is 2.66. The van der Waals surface area contributed by atoms with Gasteiger partial charge in [0.2, 0.25) is 0 Å². The van der Waals surface area contributed by atoms with Crippen LogP contribution >= 0.6 is 0 Å². The number of nitrogens with one attached hydrogen (secondary N) is 2. The summed E-state index contributed by atoms with van der Waals surface area (Å²) in [5.74, 6) is 0.0716. The second-order valence-corrected chi connectivity index (χ2v) is 6.24. The Bertz CT molecular complexity index is 805. The summed E-state index contributed by atoms with van der Waals surface area (Å²) in [6.07, 6.45) is -0.713. The van der Waals surface area contributed by atoms with Crippen LogP contribution in [-0.4, -0.2) is 38.2 Å². The highest BCUT2D eigenvalue weighted by atomic mass is 16.5. The number of carbonyl (C=O) groups excluding carboxylic acids is 2. The maximum Gasteiger partial charge on any atom is 0.265 e. The fraction of sp³-hybridized carbons (Fsp3) is 0.333. The Kier molecular flexibility index (Phi) is 7.37. The third-order valence-electron chi connectivity index (χ3n) is 4.25. The molecule has 0 aliphatic heterocycles. The van der Waals surface area contributed by atoms with Crippen LogP contribution in [0, 0.1) is 13.8 Å². The van der Waals surface area contributed by atoms with Crippen molar-refractivity contribution < 1.29 is 19.1 Å². The lowest BCUT2D eigenvalue weighted by Gasteiger charge is -2.18. The van der Waals surface area contributed by atoms with E-state index in [1.807, 2.05) is 32.0 Å². The predicted octanol–water partition coefficient (Wildman–Crippen LogP) is 3.09. The van der Waals surface area contributed by atoms with Gasteiger partial charge in [0.15, 0.2) is 6.10 Å². The molecule has 2 rings (SSSR count). The van der Waals surface area contributed by atoms with Crippen LogP contribution in [0.25, 0.3) is 0 Å². The molecule has 0 bridgehead atoms. The van der Waals surface area contributed by atoms with Gasteiger partial charge in [0.05, 0.1) is 17.9 Å². The molecule has 0 fully saturated rings. The van der Waals surface area contributed by atoms with Gasteiger partial charge in [-0.05, 0) is 50.1 Å². The largest absolute Gasteiger partial charge is 0.481 e.